The molecule has 84 valence electrons. The van der Waals surface area contributed by atoms with Crippen LogP contribution in [0.1, 0.15) is 6.42 Å². The SMILES string of the molecule is Cl.NCC1CCN(c2ccc(Cl)cc2)C1. The average Bonchev–Trinajstić information content (AvgIpc) is 2.67. The van der Waals surface area contributed by atoms with Gasteiger partial charge in [-0.2, -0.15) is 0 Å². The molecule has 0 saturated carbocycles. The maximum absolute atomic E-state index is 5.84. The van der Waals surface area contributed by atoms with Crippen LogP contribution in [-0.2, 0) is 0 Å². The summed E-state index contributed by atoms with van der Waals surface area (Å²) in [5.41, 5.74) is 6.91. The molecule has 0 aromatic heterocycles. The Balaban J connectivity index is 0.00000112. The Bertz CT molecular complexity index is 300. The fourth-order valence-electron chi connectivity index (χ4n) is 1.91. The van der Waals surface area contributed by atoms with E-state index in [9.17, 15) is 0 Å². The topological polar surface area (TPSA) is 29.3 Å². The van der Waals surface area contributed by atoms with Crippen LogP contribution in [-0.4, -0.2) is 19.6 Å². The predicted molar refractivity (Wildman–Crippen MR) is 68.1 cm³/mol. The molecule has 1 heterocycles. The highest BCUT2D eigenvalue weighted by Gasteiger charge is 2.20. The molecule has 1 aromatic carbocycles. The molecule has 1 aliphatic heterocycles. The van der Waals surface area contributed by atoms with Crippen molar-refractivity contribution in [2.45, 2.75) is 6.42 Å². The van der Waals surface area contributed by atoms with Crippen LogP contribution < -0.4 is 10.6 Å². The summed E-state index contributed by atoms with van der Waals surface area (Å²) in [7, 11) is 0. The van der Waals surface area contributed by atoms with Gasteiger partial charge in [-0.25, -0.2) is 0 Å². The number of anilines is 1. The van der Waals surface area contributed by atoms with Gasteiger partial charge in [0.15, 0.2) is 0 Å². The van der Waals surface area contributed by atoms with E-state index in [1.54, 1.807) is 0 Å². The van der Waals surface area contributed by atoms with Crippen LogP contribution in [0.3, 0.4) is 0 Å². The van der Waals surface area contributed by atoms with Crippen molar-refractivity contribution < 1.29 is 0 Å². The van der Waals surface area contributed by atoms with Crippen molar-refractivity contribution in [3.8, 4) is 0 Å². The first-order chi connectivity index (χ1) is 6.79. The molecular weight excluding hydrogens is 231 g/mol. The molecule has 2 nitrogen and oxygen atoms in total. The number of nitrogens with zero attached hydrogens (tertiary/aromatic N) is 1. The number of hydrogen-bond donors (Lipinski definition) is 1. The summed E-state index contributed by atoms with van der Waals surface area (Å²) in [4.78, 5) is 2.37. The van der Waals surface area contributed by atoms with E-state index in [2.05, 4.69) is 17.0 Å². The largest absolute Gasteiger partial charge is 0.371 e. The Hall–Kier alpha value is -0.440. The van der Waals surface area contributed by atoms with Crippen molar-refractivity contribution in [2.24, 2.45) is 11.7 Å². The van der Waals surface area contributed by atoms with Gasteiger partial charge in [-0.1, -0.05) is 11.6 Å². The van der Waals surface area contributed by atoms with Crippen LogP contribution in [0.2, 0.25) is 5.02 Å². The molecule has 0 spiro atoms. The van der Waals surface area contributed by atoms with Gasteiger partial charge in [0, 0.05) is 23.8 Å². The summed E-state index contributed by atoms with van der Waals surface area (Å²) >= 11 is 5.84. The van der Waals surface area contributed by atoms with Gasteiger partial charge in [0.05, 0.1) is 0 Å². The Morgan fingerprint density at radius 2 is 2.00 bits per heavy atom. The lowest BCUT2D eigenvalue weighted by Gasteiger charge is -2.18. The third-order valence-corrected chi connectivity index (χ3v) is 3.06. The Kier molecular flexibility index (Phi) is 4.71. The van der Waals surface area contributed by atoms with E-state index in [0.29, 0.717) is 5.92 Å². The first kappa shape index (κ1) is 12.6. The van der Waals surface area contributed by atoms with Crippen molar-refractivity contribution in [2.75, 3.05) is 24.5 Å². The van der Waals surface area contributed by atoms with Gasteiger partial charge in [-0.3, -0.25) is 0 Å². The smallest absolute Gasteiger partial charge is 0.0407 e. The number of halogens is 2. The molecule has 4 heteroatoms. The minimum atomic E-state index is 0. The van der Waals surface area contributed by atoms with Crippen molar-refractivity contribution in [3.05, 3.63) is 29.3 Å². The highest BCUT2D eigenvalue weighted by Crippen LogP contribution is 2.24. The van der Waals surface area contributed by atoms with E-state index < -0.39 is 0 Å². The zero-order valence-electron chi connectivity index (χ0n) is 8.53. The first-order valence-corrected chi connectivity index (χ1v) is 5.38. The summed E-state index contributed by atoms with van der Waals surface area (Å²) < 4.78 is 0. The first-order valence-electron chi connectivity index (χ1n) is 5.00. The van der Waals surface area contributed by atoms with Gasteiger partial charge in [0.2, 0.25) is 0 Å². The standard InChI is InChI=1S/C11H15ClN2.ClH/c12-10-1-3-11(4-2-10)14-6-5-9(7-13)8-14;/h1-4,9H,5-8,13H2;1H. The zero-order chi connectivity index (χ0) is 9.97. The maximum atomic E-state index is 5.84. The average molecular weight is 247 g/mol. The Morgan fingerprint density at radius 1 is 1.33 bits per heavy atom. The van der Waals surface area contributed by atoms with Crippen molar-refractivity contribution in [3.63, 3.8) is 0 Å². The summed E-state index contributed by atoms with van der Waals surface area (Å²) in [6.07, 6.45) is 1.21. The van der Waals surface area contributed by atoms with Gasteiger partial charge in [-0.15, -0.1) is 12.4 Å². The second-order valence-corrected chi connectivity index (χ2v) is 4.25. The number of nitrogens with two attached hydrogens (primary N) is 1. The molecule has 1 atom stereocenters. The lowest BCUT2D eigenvalue weighted by atomic mass is 10.1. The number of hydrogen-bond acceptors (Lipinski definition) is 2. The van der Waals surface area contributed by atoms with Crippen molar-refractivity contribution in [1.82, 2.24) is 0 Å². The molecule has 1 aromatic rings. The maximum Gasteiger partial charge on any atom is 0.0407 e. The minimum Gasteiger partial charge on any atom is -0.371 e. The molecular formula is C11H16Cl2N2. The molecule has 0 bridgehead atoms. The fraction of sp³-hybridized carbons (Fsp3) is 0.455. The van der Waals surface area contributed by atoms with Crippen molar-refractivity contribution in [1.29, 1.82) is 0 Å². The molecule has 1 saturated heterocycles. The molecule has 0 radical (unpaired) electrons. The van der Waals surface area contributed by atoms with E-state index in [1.807, 2.05) is 12.1 Å². The molecule has 0 amide bonds. The Morgan fingerprint density at radius 3 is 2.53 bits per heavy atom. The highest BCUT2D eigenvalue weighted by molar-refractivity contribution is 6.30. The second-order valence-electron chi connectivity index (χ2n) is 3.81. The lowest BCUT2D eigenvalue weighted by molar-refractivity contribution is 0.602. The highest BCUT2D eigenvalue weighted by atomic mass is 35.5. The normalized spacial score (nSPS) is 20.1. The summed E-state index contributed by atoms with van der Waals surface area (Å²) in [6, 6.07) is 8.02. The zero-order valence-corrected chi connectivity index (χ0v) is 10.1. The van der Waals surface area contributed by atoms with Gasteiger partial charge >= 0.3 is 0 Å². The molecule has 0 aliphatic carbocycles. The molecule has 1 fully saturated rings. The monoisotopic (exact) mass is 246 g/mol. The van der Waals surface area contributed by atoms with Crippen LogP contribution >= 0.6 is 24.0 Å². The van der Waals surface area contributed by atoms with E-state index in [1.165, 1.54) is 12.1 Å². The van der Waals surface area contributed by atoms with E-state index >= 15 is 0 Å². The van der Waals surface area contributed by atoms with E-state index in [0.717, 1.165) is 24.7 Å². The lowest BCUT2D eigenvalue weighted by Crippen LogP contribution is -2.22. The van der Waals surface area contributed by atoms with Gasteiger partial charge in [0.25, 0.3) is 0 Å². The van der Waals surface area contributed by atoms with Gasteiger partial charge in [0.1, 0.15) is 0 Å². The van der Waals surface area contributed by atoms with Crippen LogP contribution in [0.5, 0.6) is 0 Å². The van der Waals surface area contributed by atoms with Crippen molar-refractivity contribution >= 4 is 29.7 Å². The second kappa shape index (κ2) is 5.59. The van der Waals surface area contributed by atoms with E-state index in [4.69, 9.17) is 17.3 Å². The molecule has 1 unspecified atom stereocenters. The minimum absolute atomic E-state index is 0. The van der Waals surface area contributed by atoms with Crippen LogP contribution in [0.15, 0.2) is 24.3 Å². The summed E-state index contributed by atoms with van der Waals surface area (Å²) in [5, 5.41) is 0.795. The van der Waals surface area contributed by atoms with Gasteiger partial charge in [-0.05, 0) is 43.1 Å². The van der Waals surface area contributed by atoms with Crippen LogP contribution in [0, 0.1) is 5.92 Å². The van der Waals surface area contributed by atoms with Gasteiger partial charge < -0.3 is 10.6 Å². The molecule has 1 aliphatic rings. The molecule has 2 rings (SSSR count). The van der Waals surface area contributed by atoms with Crippen LogP contribution in [0.4, 0.5) is 5.69 Å². The molecule has 2 N–H and O–H groups in total. The molecule has 15 heavy (non-hydrogen) atoms. The van der Waals surface area contributed by atoms with Crippen LogP contribution in [0.25, 0.3) is 0 Å². The Labute approximate surface area is 102 Å². The summed E-state index contributed by atoms with van der Waals surface area (Å²) in [5.74, 6) is 0.658. The number of benzene rings is 1. The predicted octanol–water partition coefficient (Wildman–Crippen LogP) is 2.55. The third-order valence-electron chi connectivity index (χ3n) is 2.81. The third kappa shape index (κ3) is 3.00. The van der Waals surface area contributed by atoms with E-state index in [-0.39, 0.29) is 12.4 Å². The fourth-order valence-corrected chi connectivity index (χ4v) is 2.04. The number of rotatable bonds is 2. The summed E-state index contributed by atoms with van der Waals surface area (Å²) in [6.45, 7) is 2.99. The quantitative estimate of drug-likeness (QED) is 0.870.